The first-order valence-corrected chi connectivity index (χ1v) is 5.76. The topological polar surface area (TPSA) is 40.5 Å². The Morgan fingerprint density at radius 2 is 2.20 bits per heavy atom. The van der Waals surface area contributed by atoms with Crippen molar-refractivity contribution in [3.05, 3.63) is 12.7 Å². The van der Waals surface area contributed by atoms with Gasteiger partial charge in [0, 0.05) is 25.4 Å². The normalized spacial score (nSPS) is 29.8. The number of nitrogens with zero attached hydrogens (tertiary/aromatic N) is 1. The summed E-state index contributed by atoms with van der Waals surface area (Å²) < 4.78 is 0. The van der Waals surface area contributed by atoms with Gasteiger partial charge in [0.05, 0.1) is 5.60 Å². The lowest BCUT2D eigenvalue weighted by Crippen LogP contribution is -2.41. The van der Waals surface area contributed by atoms with Crippen LogP contribution in [0.4, 0.5) is 0 Å². The van der Waals surface area contributed by atoms with Crippen LogP contribution in [-0.2, 0) is 4.79 Å². The van der Waals surface area contributed by atoms with Crippen LogP contribution >= 0.6 is 0 Å². The zero-order valence-corrected chi connectivity index (χ0v) is 9.11. The summed E-state index contributed by atoms with van der Waals surface area (Å²) >= 11 is 0. The van der Waals surface area contributed by atoms with E-state index >= 15 is 0 Å². The molecule has 0 aromatic rings. The van der Waals surface area contributed by atoms with E-state index in [1.165, 1.54) is 0 Å². The minimum absolute atomic E-state index is 0.167. The van der Waals surface area contributed by atoms with Gasteiger partial charge in [0.15, 0.2) is 0 Å². The zero-order valence-electron chi connectivity index (χ0n) is 9.11. The number of carbonyl (C=O) groups is 1. The van der Waals surface area contributed by atoms with Crippen LogP contribution in [0.25, 0.3) is 0 Å². The van der Waals surface area contributed by atoms with Gasteiger partial charge in [-0.15, -0.1) is 6.58 Å². The van der Waals surface area contributed by atoms with Gasteiger partial charge in [-0.25, -0.2) is 0 Å². The molecule has 2 fully saturated rings. The Kier molecular flexibility index (Phi) is 2.83. The van der Waals surface area contributed by atoms with Gasteiger partial charge in [0.1, 0.15) is 0 Å². The molecule has 1 saturated carbocycles. The monoisotopic (exact) mass is 209 g/mol. The molecular weight excluding hydrogens is 190 g/mol. The number of aliphatic hydroxyl groups is 1. The Morgan fingerprint density at radius 3 is 2.73 bits per heavy atom. The van der Waals surface area contributed by atoms with Crippen molar-refractivity contribution in [1.29, 1.82) is 0 Å². The maximum atomic E-state index is 11.6. The van der Waals surface area contributed by atoms with Gasteiger partial charge in [-0.05, 0) is 12.8 Å². The molecule has 15 heavy (non-hydrogen) atoms. The average Bonchev–Trinajstić information content (AvgIpc) is 2.75. The Balaban J connectivity index is 1.94. The molecule has 3 heteroatoms. The first-order chi connectivity index (χ1) is 7.13. The number of β-amino-alcohol motifs (C(OH)–C–C–N with tert-alkyl or cyclic N) is 1. The van der Waals surface area contributed by atoms with Crippen LogP contribution in [0.15, 0.2) is 12.7 Å². The molecule has 1 heterocycles. The third kappa shape index (κ3) is 2.23. The second-order valence-electron chi connectivity index (χ2n) is 4.91. The molecule has 0 aromatic heterocycles. The van der Waals surface area contributed by atoms with E-state index in [-0.39, 0.29) is 11.8 Å². The first-order valence-electron chi connectivity index (χ1n) is 5.76. The van der Waals surface area contributed by atoms with Crippen LogP contribution in [0.1, 0.15) is 32.1 Å². The van der Waals surface area contributed by atoms with Crippen molar-refractivity contribution in [2.24, 2.45) is 5.92 Å². The number of hydrogen-bond donors (Lipinski definition) is 1. The van der Waals surface area contributed by atoms with Crippen LogP contribution in [0.5, 0.6) is 0 Å². The van der Waals surface area contributed by atoms with Crippen LogP contribution in [0, 0.1) is 5.92 Å². The minimum Gasteiger partial charge on any atom is -0.388 e. The standard InChI is InChI=1S/C12H19NO2/c1-2-10-7-11(14)13(8-10)9-12(15)5-3-4-6-12/h2,10,15H,1,3-9H2. The van der Waals surface area contributed by atoms with Crippen molar-refractivity contribution < 1.29 is 9.90 Å². The zero-order chi connectivity index (χ0) is 10.9. The summed E-state index contributed by atoms with van der Waals surface area (Å²) in [5.74, 6) is 0.447. The smallest absolute Gasteiger partial charge is 0.223 e. The van der Waals surface area contributed by atoms with Crippen molar-refractivity contribution in [2.75, 3.05) is 13.1 Å². The van der Waals surface area contributed by atoms with Crippen molar-refractivity contribution in [3.8, 4) is 0 Å². The van der Waals surface area contributed by atoms with Gasteiger partial charge >= 0.3 is 0 Å². The lowest BCUT2D eigenvalue weighted by atomic mass is 10.0. The minimum atomic E-state index is -0.605. The molecule has 1 amide bonds. The molecule has 1 aliphatic carbocycles. The van der Waals surface area contributed by atoms with E-state index in [0.29, 0.717) is 13.0 Å². The average molecular weight is 209 g/mol. The molecular formula is C12H19NO2. The Labute approximate surface area is 90.8 Å². The highest BCUT2D eigenvalue weighted by atomic mass is 16.3. The molecule has 0 bridgehead atoms. The second-order valence-corrected chi connectivity index (χ2v) is 4.91. The Hall–Kier alpha value is -0.830. The van der Waals surface area contributed by atoms with Gasteiger partial charge in [-0.2, -0.15) is 0 Å². The summed E-state index contributed by atoms with van der Waals surface area (Å²) in [6.45, 7) is 4.98. The summed E-state index contributed by atoms with van der Waals surface area (Å²) in [5, 5.41) is 10.2. The summed E-state index contributed by atoms with van der Waals surface area (Å²) in [5.41, 5.74) is -0.605. The number of rotatable bonds is 3. The van der Waals surface area contributed by atoms with Crippen molar-refractivity contribution in [1.82, 2.24) is 4.90 Å². The van der Waals surface area contributed by atoms with Crippen LogP contribution < -0.4 is 0 Å². The fourth-order valence-electron chi connectivity index (χ4n) is 2.66. The third-order valence-electron chi connectivity index (χ3n) is 3.60. The molecule has 0 spiro atoms. The SMILES string of the molecule is C=CC1CC(=O)N(CC2(O)CCCC2)C1. The van der Waals surface area contributed by atoms with Gasteiger partial charge in [-0.1, -0.05) is 18.9 Å². The van der Waals surface area contributed by atoms with Crippen LogP contribution in [-0.4, -0.2) is 34.6 Å². The highest BCUT2D eigenvalue weighted by Crippen LogP contribution is 2.32. The van der Waals surface area contributed by atoms with Gasteiger partial charge in [0.2, 0.25) is 5.91 Å². The lowest BCUT2D eigenvalue weighted by Gasteiger charge is -2.28. The maximum Gasteiger partial charge on any atom is 0.223 e. The van der Waals surface area contributed by atoms with E-state index in [1.807, 2.05) is 6.08 Å². The van der Waals surface area contributed by atoms with E-state index in [2.05, 4.69) is 6.58 Å². The summed E-state index contributed by atoms with van der Waals surface area (Å²) in [4.78, 5) is 13.4. The molecule has 1 saturated heterocycles. The van der Waals surface area contributed by atoms with E-state index in [0.717, 1.165) is 32.2 Å². The fourth-order valence-corrected chi connectivity index (χ4v) is 2.66. The highest BCUT2D eigenvalue weighted by Gasteiger charge is 2.37. The molecule has 3 nitrogen and oxygen atoms in total. The van der Waals surface area contributed by atoms with Gasteiger partial charge < -0.3 is 10.0 Å². The largest absolute Gasteiger partial charge is 0.388 e. The van der Waals surface area contributed by atoms with Crippen molar-refractivity contribution >= 4 is 5.91 Å². The quantitative estimate of drug-likeness (QED) is 0.712. The third-order valence-corrected chi connectivity index (χ3v) is 3.60. The Morgan fingerprint density at radius 1 is 1.53 bits per heavy atom. The number of amides is 1. The molecule has 84 valence electrons. The molecule has 1 atom stereocenters. The molecule has 0 radical (unpaired) electrons. The number of carbonyl (C=O) groups excluding carboxylic acids is 1. The van der Waals surface area contributed by atoms with Crippen molar-refractivity contribution in [3.63, 3.8) is 0 Å². The molecule has 1 N–H and O–H groups in total. The van der Waals surface area contributed by atoms with Gasteiger partial charge in [-0.3, -0.25) is 4.79 Å². The predicted molar refractivity (Wildman–Crippen MR) is 58.3 cm³/mol. The molecule has 0 aromatic carbocycles. The maximum absolute atomic E-state index is 11.6. The van der Waals surface area contributed by atoms with E-state index < -0.39 is 5.60 Å². The molecule has 1 unspecified atom stereocenters. The Bertz CT molecular complexity index is 269. The summed E-state index contributed by atoms with van der Waals surface area (Å²) in [7, 11) is 0. The molecule has 2 rings (SSSR count). The number of likely N-dealkylation sites (tertiary alicyclic amines) is 1. The molecule has 1 aliphatic heterocycles. The second kappa shape index (κ2) is 3.97. The predicted octanol–water partition coefficient (Wildman–Crippen LogP) is 1.33. The summed E-state index contributed by atoms with van der Waals surface area (Å²) in [6.07, 6.45) is 6.27. The van der Waals surface area contributed by atoms with E-state index in [4.69, 9.17) is 0 Å². The first kappa shape index (κ1) is 10.7. The van der Waals surface area contributed by atoms with Crippen LogP contribution in [0.3, 0.4) is 0 Å². The number of hydrogen-bond acceptors (Lipinski definition) is 2. The summed E-state index contributed by atoms with van der Waals surface area (Å²) in [6, 6.07) is 0. The van der Waals surface area contributed by atoms with E-state index in [9.17, 15) is 9.90 Å². The molecule has 2 aliphatic rings. The lowest BCUT2D eigenvalue weighted by molar-refractivity contribution is -0.130. The van der Waals surface area contributed by atoms with E-state index in [1.54, 1.807) is 4.90 Å². The fraction of sp³-hybridized carbons (Fsp3) is 0.750. The van der Waals surface area contributed by atoms with Crippen molar-refractivity contribution in [2.45, 2.75) is 37.7 Å². The van der Waals surface area contributed by atoms with Gasteiger partial charge in [0.25, 0.3) is 0 Å². The highest BCUT2D eigenvalue weighted by molar-refractivity contribution is 5.79. The van der Waals surface area contributed by atoms with Crippen LogP contribution in [0.2, 0.25) is 0 Å².